The predicted octanol–water partition coefficient (Wildman–Crippen LogP) is 10.3. The van der Waals surface area contributed by atoms with E-state index < -0.39 is 0 Å². The molecule has 9 rings (SSSR count). The van der Waals surface area contributed by atoms with Crippen LogP contribution in [0.15, 0.2) is 146 Å². The third kappa shape index (κ3) is 3.28. The summed E-state index contributed by atoms with van der Waals surface area (Å²) in [5.41, 5.74) is 14.3. The van der Waals surface area contributed by atoms with Crippen LogP contribution in [0.2, 0.25) is 0 Å². The first-order chi connectivity index (χ1) is 20.3. The minimum absolute atomic E-state index is 1.00. The van der Waals surface area contributed by atoms with Crippen LogP contribution in [0.25, 0.3) is 83.0 Å². The number of pyridine rings is 1. The molecular weight excluding hydrogens is 496 g/mol. The van der Waals surface area contributed by atoms with E-state index in [1.165, 1.54) is 60.6 Å². The van der Waals surface area contributed by atoms with Crippen molar-refractivity contribution in [3.05, 3.63) is 146 Å². The van der Waals surface area contributed by atoms with Gasteiger partial charge in [0.15, 0.2) is 0 Å². The average Bonchev–Trinajstić information content (AvgIpc) is 3.55. The zero-order valence-electron chi connectivity index (χ0n) is 22.3. The topological polar surface area (TPSA) is 17.8 Å². The zero-order valence-corrected chi connectivity index (χ0v) is 22.3. The van der Waals surface area contributed by atoms with Crippen LogP contribution < -0.4 is 0 Å². The van der Waals surface area contributed by atoms with E-state index in [0.29, 0.717) is 0 Å². The van der Waals surface area contributed by atoms with Gasteiger partial charge in [0.2, 0.25) is 0 Å². The van der Waals surface area contributed by atoms with Gasteiger partial charge >= 0.3 is 0 Å². The van der Waals surface area contributed by atoms with Crippen LogP contribution in [0.5, 0.6) is 0 Å². The summed E-state index contributed by atoms with van der Waals surface area (Å²) in [6.45, 7) is 0. The Labute approximate surface area is 237 Å². The smallest absolute Gasteiger partial charge is 0.0722 e. The maximum Gasteiger partial charge on any atom is 0.0722 e. The molecule has 0 fully saturated rings. The van der Waals surface area contributed by atoms with Crippen LogP contribution in [0.4, 0.5) is 0 Å². The molecule has 2 heteroatoms. The summed E-state index contributed by atoms with van der Waals surface area (Å²) in [4.78, 5) is 5.11. The Bertz CT molecular complexity index is 2290. The van der Waals surface area contributed by atoms with Gasteiger partial charge in [-0.05, 0) is 75.8 Å². The SMILES string of the molecule is c1ccc(-c2ccc3c(c2)c2ccccc2n3-c2ccc(-c3cc4c5c(cccc5n3)-c3ccccc3-4)cc2)cc1. The lowest BCUT2D eigenvalue weighted by atomic mass is 10.0. The van der Waals surface area contributed by atoms with Gasteiger partial charge in [0, 0.05) is 27.4 Å². The molecule has 0 N–H and O–H groups in total. The molecule has 0 atom stereocenters. The van der Waals surface area contributed by atoms with Crippen molar-refractivity contribution in [2.24, 2.45) is 0 Å². The highest BCUT2D eigenvalue weighted by Gasteiger charge is 2.22. The van der Waals surface area contributed by atoms with Crippen molar-refractivity contribution in [2.75, 3.05) is 0 Å². The van der Waals surface area contributed by atoms with Crippen LogP contribution >= 0.6 is 0 Å². The van der Waals surface area contributed by atoms with E-state index in [9.17, 15) is 0 Å². The van der Waals surface area contributed by atoms with Gasteiger partial charge in [-0.1, -0.05) is 103 Å². The summed E-state index contributed by atoms with van der Waals surface area (Å²) >= 11 is 0. The second kappa shape index (κ2) is 8.51. The summed E-state index contributed by atoms with van der Waals surface area (Å²) in [6, 6.07) is 52.4. The second-order valence-electron chi connectivity index (χ2n) is 10.8. The van der Waals surface area contributed by atoms with E-state index in [-0.39, 0.29) is 0 Å². The average molecular weight is 521 g/mol. The molecule has 0 aliphatic heterocycles. The summed E-state index contributed by atoms with van der Waals surface area (Å²) in [7, 11) is 0. The van der Waals surface area contributed by atoms with Crippen molar-refractivity contribution >= 4 is 32.7 Å². The fourth-order valence-electron chi connectivity index (χ4n) is 6.67. The van der Waals surface area contributed by atoms with Gasteiger partial charge in [0.1, 0.15) is 0 Å². The molecule has 2 heterocycles. The molecular formula is C39H24N2. The third-order valence-corrected chi connectivity index (χ3v) is 8.54. The Morgan fingerprint density at radius 3 is 1.95 bits per heavy atom. The standard InChI is InChI=1S/C39H24N2/c1-2-9-25(10-3-1)27-19-22-38-33(23-27)31-13-6-7-16-37(31)41(38)28-20-17-26(18-21-28)36-24-34-30-12-5-4-11-29(30)32-14-8-15-35(40-36)39(32)34/h1-24H. The number of para-hydroxylation sites is 1. The van der Waals surface area contributed by atoms with Crippen LogP contribution in [-0.4, -0.2) is 9.55 Å². The van der Waals surface area contributed by atoms with Crippen LogP contribution in [-0.2, 0) is 0 Å². The van der Waals surface area contributed by atoms with Gasteiger partial charge in [0.05, 0.1) is 22.2 Å². The Morgan fingerprint density at radius 2 is 1.10 bits per heavy atom. The Balaban J connectivity index is 1.18. The van der Waals surface area contributed by atoms with Crippen molar-refractivity contribution < 1.29 is 0 Å². The van der Waals surface area contributed by atoms with Gasteiger partial charge in [0.25, 0.3) is 0 Å². The van der Waals surface area contributed by atoms with Gasteiger partial charge in [-0.25, -0.2) is 4.98 Å². The largest absolute Gasteiger partial charge is 0.309 e. The molecule has 190 valence electrons. The van der Waals surface area contributed by atoms with Gasteiger partial charge < -0.3 is 4.57 Å². The Hall–Kier alpha value is -5.47. The molecule has 1 aliphatic carbocycles. The molecule has 0 amide bonds. The number of hydrogen-bond acceptors (Lipinski definition) is 1. The molecule has 0 unspecified atom stereocenters. The quantitative estimate of drug-likeness (QED) is 0.227. The monoisotopic (exact) mass is 520 g/mol. The molecule has 0 radical (unpaired) electrons. The molecule has 41 heavy (non-hydrogen) atoms. The van der Waals surface area contributed by atoms with E-state index in [1.54, 1.807) is 0 Å². The first-order valence-corrected chi connectivity index (χ1v) is 14.1. The first-order valence-electron chi connectivity index (χ1n) is 14.1. The highest BCUT2D eigenvalue weighted by atomic mass is 15.0. The summed E-state index contributed by atoms with van der Waals surface area (Å²) in [6.07, 6.45) is 0. The van der Waals surface area contributed by atoms with E-state index in [0.717, 1.165) is 22.5 Å². The van der Waals surface area contributed by atoms with Crippen molar-refractivity contribution in [3.8, 4) is 50.3 Å². The summed E-state index contributed by atoms with van der Waals surface area (Å²) in [5, 5.41) is 3.78. The van der Waals surface area contributed by atoms with Crippen molar-refractivity contribution in [1.82, 2.24) is 9.55 Å². The molecule has 6 aromatic carbocycles. The van der Waals surface area contributed by atoms with Crippen molar-refractivity contribution in [1.29, 1.82) is 0 Å². The molecule has 0 bridgehead atoms. The molecule has 2 nitrogen and oxygen atoms in total. The lowest BCUT2D eigenvalue weighted by molar-refractivity contribution is 1.18. The van der Waals surface area contributed by atoms with E-state index >= 15 is 0 Å². The van der Waals surface area contributed by atoms with Crippen LogP contribution in [0.1, 0.15) is 0 Å². The fourth-order valence-corrected chi connectivity index (χ4v) is 6.67. The lowest BCUT2D eigenvalue weighted by Crippen LogP contribution is -1.94. The lowest BCUT2D eigenvalue weighted by Gasteiger charge is -2.11. The molecule has 0 saturated heterocycles. The minimum atomic E-state index is 1.00. The first kappa shape index (κ1) is 22.4. The minimum Gasteiger partial charge on any atom is -0.309 e. The van der Waals surface area contributed by atoms with E-state index in [4.69, 9.17) is 4.98 Å². The van der Waals surface area contributed by atoms with Crippen LogP contribution in [0.3, 0.4) is 0 Å². The van der Waals surface area contributed by atoms with Crippen LogP contribution in [0, 0.1) is 0 Å². The Morgan fingerprint density at radius 1 is 0.415 bits per heavy atom. The third-order valence-electron chi connectivity index (χ3n) is 8.54. The molecule has 1 aliphatic rings. The summed E-state index contributed by atoms with van der Waals surface area (Å²) in [5.74, 6) is 0. The van der Waals surface area contributed by atoms with Gasteiger partial charge in [-0.2, -0.15) is 0 Å². The van der Waals surface area contributed by atoms with Gasteiger partial charge in [-0.15, -0.1) is 0 Å². The number of fused-ring (bicyclic) bond motifs is 6. The van der Waals surface area contributed by atoms with E-state index in [2.05, 4.69) is 150 Å². The molecule has 0 saturated carbocycles. The number of aromatic nitrogens is 2. The molecule has 0 spiro atoms. The fraction of sp³-hybridized carbons (Fsp3) is 0. The predicted molar refractivity (Wildman–Crippen MR) is 171 cm³/mol. The summed E-state index contributed by atoms with van der Waals surface area (Å²) < 4.78 is 2.37. The van der Waals surface area contributed by atoms with Crippen molar-refractivity contribution in [2.45, 2.75) is 0 Å². The highest BCUT2D eigenvalue weighted by Crippen LogP contribution is 2.47. The number of rotatable bonds is 3. The number of hydrogen-bond donors (Lipinski definition) is 0. The van der Waals surface area contributed by atoms with Crippen molar-refractivity contribution in [3.63, 3.8) is 0 Å². The normalized spacial score (nSPS) is 11.9. The second-order valence-corrected chi connectivity index (χ2v) is 10.8. The maximum atomic E-state index is 5.11. The maximum absolute atomic E-state index is 5.11. The zero-order chi connectivity index (χ0) is 26.9. The highest BCUT2D eigenvalue weighted by molar-refractivity contribution is 6.15. The Kier molecular flexibility index (Phi) is 4.64. The van der Waals surface area contributed by atoms with Gasteiger partial charge in [-0.3, -0.25) is 0 Å². The molecule has 2 aromatic heterocycles. The molecule has 8 aromatic rings. The number of benzene rings is 6. The number of nitrogens with zero attached hydrogens (tertiary/aromatic N) is 2. The van der Waals surface area contributed by atoms with E-state index in [1.807, 2.05) is 0 Å².